The van der Waals surface area contributed by atoms with Gasteiger partial charge in [-0.15, -0.1) is 0 Å². The monoisotopic (exact) mass is 240 g/mol. The third-order valence-electron chi connectivity index (χ3n) is 2.37. The van der Waals surface area contributed by atoms with Gasteiger partial charge in [0, 0.05) is 19.6 Å². The quantitative estimate of drug-likeness (QED) is 0.661. The van der Waals surface area contributed by atoms with Crippen LogP contribution in [0.15, 0.2) is 0 Å². The summed E-state index contributed by atoms with van der Waals surface area (Å²) in [6.45, 7) is 3.76. The molecule has 1 fully saturated rings. The number of nitrogens with one attached hydrogen (secondary N) is 2. The molecule has 2 amide bonds. The molecule has 1 atom stereocenters. The molecule has 1 rings (SSSR count). The van der Waals surface area contributed by atoms with E-state index in [9.17, 15) is 9.59 Å². The number of piperazine rings is 1. The van der Waals surface area contributed by atoms with Crippen molar-refractivity contribution >= 4 is 12.0 Å². The Labute approximate surface area is 99.7 Å². The summed E-state index contributed by atoms with van der Waals surface area (Å²) in [4.78, 5) is 24.2. The molecule has 1 heterocycles. The molecule has 1 saturated heterocycles. The minimum atomic E-state index is -0.749. The average Bonchev–Trinajstić information content (AvgIpc) is 2.29. The van der Waals surface area contributed by atoms with Crippen LogP contribution in [0.1, 0.15) is 6.92 Å². The van der Waals surface area contributed by atoms with Gasteiger partial charge < -0.3 is 10.1 Å². The second-order valence-electron chi connectivity index (χ2n) is 3.59. The van der Waals surface area contributed by atoms with E-state index in [-0.39, 0.29) is 19.2 Å². The predicted octanol–water partition coefficient (Wildman–Crippen LogP) is -0.944. The van der Waals surface area contributed by atoms with Crippen molar-refractivity contribution in [3.05, 3.63) is 0 Å². The van der Waals surface area contributed by atoms with E-state index in [1.54, 1.807) is 11.8 Å². The maximum Gasteiger partial charge on any atom is 0.413 e. The molecule has 1 aliphatic heterocycles. The van der Waals surface area contributed by atoms with E-state index in [0.29, 0.717) is 13.1 Å². The molecule has 0 aliphatic carbocycles. The molecule has 0 bridgehead atoms. The highest BCUT2D eigenvalue weighted by molar-refractivity contribution is 5.92. The second-order valence-corrected chi connectivity index (χ2v) is 3.59. The van der Waals surface area contributed by atoms with Crippen molar-refractivity contribution < 1.29 is 14.3 Å². The maximum atomic E-state index is 11.5. The van der Waals surface area contributed by atoms with Gasteiger partial charge in [-0.3, -0.25) is 15.0 Å². The number of carbonyl (C=O) groups excluding carboxylic acids is 2. The van der Waals surface area contributed by atoms with Crippen molar-refractivity contribution in [1.29, 1.82) is 5.26 Å². The summed E-state index contributed by atoms with van der Waals surface area (Å²) in [5.74, 6) is -0.453. The lowest BCUT2D eigenvalue weighted by molar-refractivity contribution is -0.122. The third-order valence-corrected chi connectivity index (χ3v) is 2.37. The lowest BCUT2D eigenvalue weighted by atomic mass is 10.2. The lowest BCUT2D eigenvalue weighted by Crippen LogP contribution is -2.53. The van der Waals surface area contributed by atoms with Crippen LogP contribution < -0.4 is 10.6 Å². The van der Waals surface area contributed by atoms with E-state index >= 15 is 0 Å². The summed E-state index contributed by atoms with van der Waals surface area (Å²) in [6.07, 6.45) is -0.749. The Morgan fingerprint density at radius 3 is 3.06 bits per heavy atom. The summed E-state index contributed by atoms with van der Waals surface area (Å²) in [5.41, 5.74) is 0. The van der Waals surface area contributed by atoms with Crippen LogP contribution >= 0.6 is 0 Å². The Kier molecular flexibility index (Phi) is 5.39. The van der Waals surface area contributed by atoms with Gasteiger partial charge >= 0.3 is 6.09 Å². The number of hydrogen-bond donors (Lipinski definition) is 2. The van der Waals surface area contributed by atoms with Gasteiger partial charge in [-0.25, -0.2) is 4.79 Å². The summed E-state index contributed by atoms with van der Waals surface area (Å²) >= 11 is 0. The van der Waals surface area contributed by atoms with E-state index in [1.165, 1.54) is 0 Å². The number of imide groups is 1. The van der Waals surface area contributed by atoms with Crippen molar-refractivity contribution in [2.24, 2.45) is 0 Å². The van der Waals surface area contributed by atoms with Crippen molar-refractivity contribution in [2.75, 3.05) is 32.8 Å². The van der Waals surface area contributed by atoms with Crippen LogP contribution in [0, 0.1) is 11.3 Å². The molecule has 2 N–H and O–H groups in total. The van der Waals surface area contributed by atoms with Gasteiger partial charge in [-0.05, 0) is 6.92 Å². The first-order valence-corrected chi connectivity index (χ1v) is 5.48. The number of ether oxygens (including phenoxy) is 1. The van der Waals surface area contributed by atoms with E-state index in [4.69, 9.17) is 5.26 Å². The fourth-order valence-corrected chi connectivity index (χ4v) is 1.57. The highest BCUT2D eigenvalue weighted by Crippen LogP contribution is 2.01. The molecule has 0 aromatic carbocycles. The molecule has 1 aliphatic rings. The molecule has 94 valence electrons. The number of amides is 2. The largest absolute Gasteiger partial charge is 0.450 e. The molecule has 0 spiro atoms. The van der Waals surface area contributed by atoms with E-state index < -0.39 is 12.0 Å². The first-order valence-electron chi connectivity index (χ1n) is 5.48. The van der Waals surface area contributed by atoms with Crippen molar-refractivity contribution in [2.45, 2.75) is 13.0 Å². The average molecular weight is 240 g/mol. The van der Waals surface area contributed by atoms with Crippen LogP contribution in [-0.4, -0.2) is 55.7 Å². The van der Waals surface area contributed by atoms with Gasteiger partial charge in [0.05, 0.1) is 19.2 Å². The zero-order chi connectivity index (χ0) is 12.7. The van der Waals surface area contributed by atoms with Crippen molar-refractivity contribution in [3.8, 4) is 6.07 Å². The zero-order valence-electron chi connectivity index (χ0n) is 9.73. The van der Waals surface area contributed by atoms with E-state index in [2.05, 4.69) is 21.4 Å². The summed E-state index contributed by atoms with van der Waals surface area (Å²) in [7, 11) is 0. The van der Waals surface area contributed by atoms with Gasteiger partial charge in [-0.2, -0.15) is 5.26 Å². The van der Waals surface area contributed by atoms with Gasteiger partial charge in [-0.1, -0.05) is 0 Å². The fourth-order valence-electron chi connectivity index (χ4n) is 1.57. The van der Waals surface area contributed by atoms with Gasteiger partial charge in [0.25, 0.3) is 0 Å². The number of nitrogens with zero attached hydrogens (tertiary/aromatic N) is 2. The highest BCUT2D eigenvalue weighted by Gasteiger charge is 2.24. The molecule has 0 aromatic heterocycles. The number of alkyl carbamates (subject to hydrolysis) is 1. The Hall–Kier alpha value is -1.65. The minimum Gasteiger partial charge on any atom is -0.450 e. The standard InChI is InChI=1S/C10H16N4O3/c1-2-17-10(16)13-9(15)7-14-4-3-12-6-8(14)5-11/h8,12H,2-4,6-7H2,1H3,(H,13,15,16). The maximum absolute atomic E-state index is 11.5. The Balaban J connectivity index is 2.39. The Bertz CT molecular complexity index is 326. The van der Waals surface area contributed by atoms with Crippen LogP contribution in [0.3, 0.4) is 0 Å². The molecule has 1 unspecified atom stereocenters. The Morgan fingerprint density at radius 2 is 2.41 bits per heavy atom. The zero-order valence-corrected chi connectivity index (χ0v) is 9.73. The summed E-state index contributed by atoms with van der Waals surface area (Å²) in [6, 6.07) is 1.77. The van der Waals surface area contributed by atoms with Crippen LogP contribution in [0.2, 0.25) is 0 Å². The summed E-state index contributed by atoms with van der Waals surface area (Å²) in [5, 5.41) is 14.0. The van der Waals surface area contributed by atoms with E-state index in [0.717, 1.165) is 6.54 Å². The third kappa shape index (κ3) is 4.38. The first-order chi connectivity index (χ1) is 8.17. The van der Waals surface area contributed by atoms with E-state index in [1.807, 2.05) is 0 Å². The SMILES string of the molecule is CCOC(=O)NC(=O)CN1CCNCC1C#N. The molecule has 17 heavy (non-hydrogen) atoms. The van der Waals surface area contributed by atoms with Crippen molar-refractivity contribution in [1.82, 2.24) is 15.5 Å². The minimum absolute atomic E-state index is 0.0265. The highest BCUT2D eigenvalue weighted by atomic mass is 16.5. The summed E-state index contributed by atoms with van der Waals surface area (Å²) < 4.78 is 4.59. The topological polar surface area (TPSA) is 94.5 Å². The number of nitriles is 1. The second kappa shape index (κ2) is 6.83. The number of hydrogen-bond acceptors (Lipinski definition) is 6. The molecular formula is C10H16N4O3. The smallest absolute Gasteiger partial charge is 0.413 e. The van der Waals surface area contributed by atoms with Crippen molar-refractivity contribution in [3.63, 3.8) is 0 Å². The number of rotatable bonds is 3. The molecular weight excluding hydrogens is 224 g/mol. The van der Waals surface area contributed by atoms with Gasteiger partial charge in [0.15, 0.2) is 0 Å². The molecule has 0 aromatic rings. The van der Waals surface area contributed by atoms with Crippen LogP contribution in [-0.2, 0) is 9.53 Å². The van der Waals surface area contributed by atoms with Crippen LogP contribution in [0.25, 0.3) is 0 Å². The predicted molar refractivity (Wildman–Crippen MR) is 59.0 cm³/mol. The molecule has 7 heteroatoms. The molecule has 0 radical (unpaired) electrons. The molecule has 7 nitrogen and oxygen atoms in total. The normalized spacial score (nSPS) is 20.4. The van der Waals surface area contributed by atoms with Crippen LogP contribution in [0.5, 0.6) is 0 Å². The van der Waals surface area contributed by atoms with Crippen LogP contribution in [0.4, 0.5) is 4.79 Å². The fraction of sp³-hybridized carbons (Fsp3) is 0.700. The Morgan fingerprint density at radius 1 is 1.65 bits per heavy atom. The lowest BCUT2D eigenvalue weighted by Gasteiger charge is -2.30. The first kappa shape index (κ1) is 13.4. The van der Waals surface area contributed by atoms with Gasteiger partial charge in [0.2, 0.25) is 5.91 Å². The molecule has 0 saturated carbocycles. The number of carbonyl (C=O) groups is 2. The van der Waals surface area contributed by atoms with Gasteiger partial charge in [0.1, 0.15) is 6.04 Å².